The fraction of sp³-hybridized carbons (Fsp3) is 0.286. The van der Waals surface area contributed by atoms with Crippen LogP contribution in [0.25, 0.3) is 0 Å². The first kappa shape index (κ1) is 9.70. The molecule has 5 heteroatoms. The van der Waals surface area contributed by atoms with Crippen molar-refractivity contribution in [2.75, 3.05) is 7.11 Å². The lowest BCUT2D eigenvalue weighted by Gasteiger charge is -1.99. The molecule has 0 aromatic carbocycles. The summed E-state index contributed by atoms with van der Waals surface area (Å²) in [7, 11) is 1.41. The van der Waals surface area contributed by atoms with Crippen LogP contribution in [-0.2, 0) is 4.84 Å². The van der Waals surface area contributed by atoms with Crippen LogP contribution in [0.2, 0.25) is 0 Å². The van der Waals surface area contributed by atoms with Gasteiger partial charge < -0.3 is 0 Å². The van der Waals surface area contributed by atoms with E-state index in [0.29, 0.717) is 5.56 Å². The van der Waals surface area contributed by atoms with Crippen molar-refractivity contribution >= 4 is 33.2 Å². The Hall–Kier alpha value is -0.390. The molecular formula is C7H8BrNO2S. The second-order valence-corrected chi connectivity index (χ2v) is 4.38. The Kier molecular flexibility index (Phi) is 3.25. The topological polar surface area (TPSA) is 38.3 Å². The van der Waals surface area contributed by atoms with Gasteiger partial charge in [0.1, 0.15) is 0 Å². The average molecular weight is 250 g/mol. The second-order valence-electron chi connectivity index (χ2n) is 2.18. The molecule has 0 saturated carbocycles. The van der Waals surface area contributed by atoms with E-state index in [4.69, 9.17) is 0 Å². The highest BCUT2D eigenvalue weighted by Gasteiger charge is 2.12. The van der Waals surface area contributed by atoms with Crippen molar-refractivity contribution in [1.82, 2.24) is 5.48 Å². The highest BCUT2D eigenvalue weighted by molar-refractivity contribution is 9.11. The predicted octanol–water partition coefficient (Wildman–Crippen LogP) is 2.11. The summed E-state index contributed by atoms with van der Waals surface area (Å²) in [6, 6.07) is 0. The second kappa shape index (κ2) is 4.02. The number of halogens is 1. The van der Waals surface area contributed by atoms with Crippen molar-refractivity contribution in [3.05, 3.63) is 20.3 Å². The third kappa shape index (κ3) is 1.85. The zero-order valence-electron chi connectivity index (χ0n) is 6.68. The fourth-order valence-electron chi connectivity index (χ4n) is 0.765. The van der Waals surface area contributed by atoms with Gasteiger partial charge in [-0.25, -0.2) is 5.48 Å². The smallest absolute Gasteiger partial charge is 0.275 e. The highest BCUT2D eigenvalue weighted by Crippen LogP contribution is 2.26. The monoisotopic (exact) mass is 249 g/mol. The first-order valence-electron chi connectivity index (χ1n) is 3.23. The number of hydrogen-bond donors (Lipinski definition) is 1. The number of amides is 1. The number of carbonyl (C=O) groups is 1. The van der Waals surface area contributed by atoms with Gasteiger partial charge in [0, 0.05) is 5.38 Å². The van der Waals surface area contributed by atoms with E-state index in [9.17, 15) is 4.79 Å². The third-order valence-corrected chi connectivity index (χ3v) is 3.44. The molecule has 0 unspecified atom stereocenters. The van der Waals surface area contributed by atoms with Crippen LogP contribution in [0.5, 0.6) is 0 Å². The van der Waals surface area contributed by atoms with Gasteiger partial charge in [0.25, 0.3) is 5.91 Å². The normalized spacial score (nSPS) is 9.92. The molecule has 1 aromatic rings. The van der Waals surface area contributed by atoms with Gasteiger partial charge in [-0.3, -0.25) is 9.63 Å². The highest BCUT2D eigenvalue weighted by atomic mass is 79.9. The molecule has 0 aliphatic carbocycles. The van der Waals surface area contributed by atoms with Crippen molar-refractivity contribution < 1.29 is 9.63 Å². The average Bonchev–Trinajstić information content (AvgIpc) is 2.34. The van der Waals surface area contributed by atoms with Crippen molar-refractivity contribution in [2.45, 2.75) is 6.92 Å². The van der Waals surface area contributed by atoms with E-state index < -0.39 is 0 Å². The molecule has 1 amide bonds. The fourth-order valence-corrected chi connectivity index (χ4v) is 2.05. The molecule has 0 bridgehead atoms. The first-order chi connectivity index (χ1) is 5.66. The van der Waals surface area contributed by atoms with Gasteiger partial charge in [0.05, 0.1) is 16.5 Å². The van der Waals surface area contributed by atoms with Crippen LogP contribution >= 0.6 is 27.3 Å². The molecule has 1 N–H and O–H groups in total. The maximum Gasteiger partial charge on any atom is 0.275 e. The zero-order chi connectivity index (χ0) is 9.14. The van der Waals surface area contributed by atoms with Crippen molar-refractivity contribution in [3.8, 4) is 0 Å². The van der Waals surface area contributed by atoms with E-state index >= 15 is 0 Å². The summed E-state index contributed by atoms with van der Waals surface area (Å²) in [4.78, 5) is 15.7. The maximum absolute atomic E-state index is 11.2. The Balaban J connectivity index is 2.88. The van der Waals surface area contributed by atoms with Crippen LogP contribution in [0.4, 0.5) is 0 Å². The molecule has 0 fully saturated rings. The van der Waals surface area contributed by atoms with E-state index in [1.807, 2.05) is 6.92 Å². The Morgan fingerprint density at radius 3 is 2.83 bits per heavy atom. The number of rotatable bonds is 2. The SMILES string of the molecule is CONC(=O)c1csc(Br)c1C. The Labute approximate surface area is 82.8 Å². The van der Waals surface area contributed by atoms with Crippen LogP contribution in [0.15, 0.2) is 9.17 Å². The molecule has 0 saturated heterocycles. The van der Waals surface area contributed by atoms with Crippen LogP contribution in [-0.4, -0.2) is 13.0 Å². The number of hydrogen-bond acceptors (Lipinski definition) is 3. The predicted molar refractivity (Wildman–Crippen MR) is 51.2 cm³/mol. The Bertz CT molecular complexity index is 298. The summed E-state index contributed by atoms with van der Waals surface area (Å²) in [5.74, 6) is -0.211. The van der Waals surface area contributed by atoms with Crippen LogP contribution in [0.1, 0.15) is 15.9 Å². The van der Waals surface area contributed by atoms with Gasteiger partial charge in [0.2, 0.25) is 0 Å². The molecule has 66 valence electrons. The summed E-state index contributed by atoms with van der Waals surface area (Å²) in [5.41, 5.74) is 3.85. The van der Waals surface area contributed by atoms with Gasteiger partial charge >= 0.3 is 0 Å². The minimum Gasteiger partial charge on any atom is -0.277 e. The lowest BCUT2D eigenvalue weighted by atomic mass is 10.2. The molecule has 1 heterocycles. The molecule has 0 spiro atoms. The zero-order valence-corrected chi connectivity index (χ0v) is 9.08. The quantitative estimate of drug-likeness (QED) is 0.816. The number of carbonyl (C=O) groups excluding carboxylic acids is 1. The largest absolute Gasteiger partial charge is 0.277 e. The van der Waals surface area contributed by atoms with Crippen LogP contribution < -0.4 is 5.48 Å². The molecule has 0 aliphatic rings. The molecule has 12 heavy (non-hydrogen) atoms. The lowest BCUT2D eigenvalue weighted by Crippen LogP contribution is -2.21. The van der Waals surface area contributed by atoms with E-state index in [-0.39, 0.29) is 5.91 Å². The van der Waals surface area contributed by atoms with Gasteiger partial charge in [-0.1, -0.05) is 0 Å². The van der Waals surface area contributed by atoms with Crippen molar-refractivity contribution in [3.63, 3.8) is 0 Å². The van der Waals surface area contributed by atoms with E-state index in [1.54, 1.807) is 5.38 Å². The van der Waals surface area contributed by atoms with Crippen molar-refractivity contribution in [2.24, 2.45) is 0 Å². The summed E-state index contributed by atoms with van der Waals surface area (Å²) in [5, 5.41) is 1.79. The number of hydroxylamine groups is 1. The summed E-state index contributed by atoms with van der Waals surface area (Å²) >= 11 is 4.82. The van der Waals surface area contributed by atoms with Crippen molar-refractivity contribution in [1.29, 1.82) is 0 Å². The number of thiophene rings is 1. The van der Waals surface area contributed by atoms with Gasteiger partial charge in [-0.2, -0.15) is 0 Å². The summed E-state index contributed by atoms with van der Waals surface area (Å²) in [6.45, 7) is 1.88. The van der Waals surface area contributed by atoms with Crippen LogP contribution in [0, 0.1) is 6.92 Å². The summed E-state index contributed by atoms with van der Waals surface area (Å²) < 4.78 is 0.976. The van der Waals surface area contributed by atoms with E-state index in [0.717, 1.165) is 9.35 Å². The maximum atomic E-state index is 11.2. The molecule has 0 radical (unpaired) electrons. The lowest BCUT2D eigenvalue weighted by molar-refractivity contribution is 0.0537. The van der Waals surface area contributed by atoms with E-state index in [2.05, 4.69) is 26.2 Å². The molecule has 1 rings (SSSR count). The molecular weight excluding hydrogens is 242 g/mol. The Morgan fingerprint density at radius 1 is 1.75 bits per heavy atom. The third-order valence-electron chi connectivity index (χ3n) is 1.42. The number of nitrogens with one attached hydrogen (secondary N) is 1. The minimum absolute atomic E-state index is 0.211. The molecule has 0 atom stereocenters. The minimum atomic E-state index is -0.211. The molecule has 0 aliphatic heterocycles. The standard InChI is InChI=1S/C7H8BrNO2S/c1-4-5(3-12-6(4)8)7(10)9-11-2/h3H,1-2H3,(H,9,10). The van der Waals surface area contributed by atoms with Gasteiger partial charge in [0.15, 0.2) is 0 Å². The first-order valence-corrected chi connectivity index (χ1v) is 4.91. The molecule has 3 nitrogen and oxygen atoms in total. The van der Waals surface area contributed by atoms with Gasteiger partial charge in [-0.05, 0) is 28.4 Å². The van der Waals surface area contributed by atoms with Gasteiger partial charge in [-0.15, -0.1) is 11.3 Å². The van der Waals surface area contributed by atoms with Crippen LogP contribution in [0.3, 0.4) is 0 Å². The summed E-state index contributed by atoms with van der Waals surface area (Å²) in [6.07, 6.45) is 0. The van der Waals surface area contributed by atoms with E-state index in [1.165, 1.54) is 18.4 Å². The molecule has 1 aromatic heterocycles. The Morgan fingerprint density at radius 2 is 2.42 bits per heavy atom.